The Kier molecular flexibility index (Phi) is 6.77. The number of rotatable bonds is 7. The second kappa shape index (κ2) is 9.49. The van der Waals surface area contributed by atoms with Gasteiger partial charge >= 0.3 is 5.97 Å². The molecule has 0 spiro atoms. The van der Waals surface area contributed by atoms with Gasteiger partial charge in [-0.2, -0.15) is 10.4 Å². The van der Waals surface area contributed by atoms with E-state index in [-0.39, 0.29) is 24.5 Å². The Hall–Kier alpha value is -3.14. The van der Waals surface area contributed by atoms with Crippen molar-refractivity contribution in [1.82, 2.24) is 9.78 Å². The van der Waals surface area contributed by atoms with Gasteiger partial charge in [0.25, 0.3) is 0 Å². The zero-order valence-electron chi connectivity index (χ0n) is 21.0. The number of halogens is 1. The zero-order valence-corrected chi connectivity index (χ0v) is 21.0. The molecule has 1 aromatic heterocycles. The number of aliphatic hydroxyl groups excluding tert-OH is 1. The molecule has 0 bridgehead atoms. The maximum absolute atomic E-state index is 14.8. The maximum atomic E-state index is 14.8. The van der Waals surface area contributed by atoms with E-state index in [9.17, 15) is 19.6 Å². The van der Waals surface area contributed by atoms with E-state index in [2.05, 4.69) is 11.2 Å². The van der Waals surface area contributed by atoms with Crippen LogP contribution in [-0.2, 0) is 34.8 Å². The van der Waals surface area contributed by atoms with E-state index < -0.39 is 22.8 Å². The first-order valence-electron chi connectivity index (χ1n) is 12.4. The van der Waals surface area contributed by atoms with Gasteiger partial charge in [0, 0.05) is 31.1 Å². The minimum Gasteiger partial charge on any atom is -0.512 e. The molecule has 2 aromatic rings. The van der Waals surface area contributed by atoms with Gasteiger partial charge in [-0.25, -0.2) is 9.18 Å². The molecule has 1 atom stereocenters. The summed E-state index contributed by atoms with van der Waals surface area (Å²) in [6.07, 6.45) is 7.33. The average molecular weight is 480 g/mol. The number of carbonyl (C=O) groups is 1. The topological polar surface area (TPSA) is 88.1 Å². The fourth-order valence-corrected chi connectivity index (χ4v) is 5.53. The molecule has 6 nitrogen and oxygen atoms in total. The number of hydrogen-bond donors (Lipinski definition) is 1. The van der Waals surface area contributed by atoms with Crippen LogP contribution in [0.15, 0.2) is 35.7 Å². The number of nitriles is 1. The van der Waals surface area contributed by atoms with Crippen LogP contribution in [0.25, 0.3) is 0 Å². The van der Waals surface area contributed by atoms with Crippen LogP contribution in [0.4, 0.5) is 4.39 Å². The number of aryl methyl sites for hydroxylation is 2. The third-order valence-corrected chi connectivity index (χ3v) is 7.98. The summed E-state index contributed by atoms with van der Waals surface area (Å²) in [7, 11) is 1.84. The van der Waals surface area contributed by atoms with Gasteiger partial charge in [0.15, 0.2) is 0 Å². The summed E-state index contributed by atoms with van der Waals surface area (Å²) in [5.41, 5.74) is 1.57. The SMILES string of the molecule is Cc1c(CC2=C(O)CC(CCc3ccc(C(C)(C)C#N)c(F)c3)(C3CCCC3)OC2=O)cnn1C. The third kappa shape index (κ3) is 4.84. The van der Waals surface area contributed by atoms with E-state index in [1.165, 1.54) is 6.07 Å². The second-order valence-corrected chi connectivity index (χ2v) is 10.6. The minimum atomic E-state index is -0.911. The molecular weight excluding hydrogens is 445 g/mol. The summed E-state index contributed by atoms with van der Waals surface area (Å²) in [6.45, 7) is 5.32. The zero-order chi connectivity index (χ0) is 25.4. The molecule has 186 valence electrons. The van der Waals surface area contributed by atoms with E-state index in [0.29, 0.717) is 24.0 Å². The molecule has 35 heavy (non-hydrogen) atoms. The Morgan fingerprint density at radius 1 is 1.34 bits per heavy atom. The molecule has 1 aromatic carbocycles. The Morgan fingerprint density at radius 2 is 2.06 bits per heavy atom. The van der Waals surface area contributed by atoms with Gasteiger partial charge < -0.3 is 9.84 Å². The molecule has 2 heterocycles. The first-order chi connectivity index (χ1) is 16.6. The fraction of sp³-hybridized carbons (Fsp3) is 0.536. The van der Waals surface area contributed by atoms with Gasteiger partial charge in [-0.05, 0) is 69.6 Å². The molecule has 1 N–H and O–H groups in total. The van der Waals surface area contributed by atoms with E-state index in [1.807, 2.05) is 20.0 Å². The van der Waals surface area contributed by atoms with Crippen LogP contribution in [0, 0.1) is 30.0 Å². The molecule has 0 radical (unpaired) electrons. The quantitative estimate of drug-likeness (QED) is 0.528. The highest BCUT2D eigenvalue weighted by Crippen LogP contribution is 2.46. The summed E-state index contributed by atoms with van der Waals surface area (Å²) in [4.78, 5) is 13.2. The first-order valence-corrected chi connectivity index (χ1v) is 12.4. The van der Waals surface area contributed by atoms with Gasteiger partial charge in [-0.1, -0.05) is 25.0 Å². The van der Waals surface area contributed by atoms with Gasteiger partial charge in [0.2, 0.25) is 0 Å². The van der Waals surface area contributed by atoms with E-state index in [0.717, 1.165) is 42.5 Å². The van der Waals surface area contributed by atoms with Gasteiger partial charge in [0.1, 0.15) is 17.2 Å². The molecule has 1 saturated carbocycles. The maximum Gasteiger partial charge on any atom is 0.338 e. The van der Waals surface area contributed by atoms with E-state index >= 15 is 0 Å². The summed E-state index contributed by atoms with van der Waals surface area (Å²) in [5.74, 6) is -0.617. The number of ether oxygens (including phenoxy) is 1. The van der Waals surface area contributed by atoms with Gasteiger partial charge in [0.05, 0.1) is 23.3 Å². The highest BCUT2D eigenvalue weighted by molar-refractivity contribution is 5.90. The highest BCUT2D eigenvalue weighted by atomic mass is 19.1. The number of cyclic esters (lactones) is 1. The first kappa shape index (κ1) is 25.0. The Morgan fingerprint density at radius 3 is 2.63 bits per heavy atom. The Labute approximate surface area is 206 Å². The fourth-order valence-electron chi connectivity index (χ4n) is 5.53. The van der Waals surface area contributed by atoms with Crippen LogP contribution in [0.1, 0.15) is 74.8 Å². The van der Waals surface area contributed by atoms with Crippen molar-refractivity contribution in [3.63, 3.8) is 0 Å². The smallest absolute Gasteiger partial charge is 0.338 e. The monoisotopic (exact) mass is 479 g/mol. The number of nitrogens with zero attached hydrogens (tertiary/aromatic N) is 3. The van der Waals surface area contributed by atoms with Crippen molar-refractivity contribution in [1.29, 1.82) is 5.26 Å². The number of benzene rings is 1. The third-order valence-electron chi connectivity index (χ3n) is 7.98. The average Bonchev–Trinajstić information content (AvgIpc) is 3.46. The van der Waals surface area contributed by atoms with Crippen LogP contribution < -0.4 is 0 Å². The molecule has 1 aliphatic carbocycles. The molecule has 2 aliphatic rings. The molecule has 0 saturated heterocycles. The van der Waals surface area contributed by atoms with E-state index in [4.69, 9.17) is 4.74 Å². The van der Waals surface area contributed by atoms with Crippen molar-refractivity contribution in [2.45, 2.75) is 83.2 Å². The number of hydrogen-bond acceptors (Lipinski definition) is 5. The highest BCUT2D eigenvalue weighted by Gasteiger charge is 2.48. The molecule has 7 heteroatoms. The standard InChI is InChI=1S/C28H34FN3O3/c1-18-20(16-31-32(18)4)14-22-25(33)15-28(35-26(22)34,21-7-5-6-8-21)12-11-19-9-10-23(24(29)13-19)27(2,3)17-30/h9-10,13,16,21,33H,5-8,11-12,14-15H2,1-4H3. The molecule has 0 amide bonds. The number of aromatic nitrogens is 2. The summed E-state index contributed by atoms with van der Waals surface area (Å²) in [5, 5.41) is 24.6. The molecule has 1 aliphatic heterocycles. The number of carbonyl (C=O) groups excluding carboxylic acids is 1. The van der Waals surface area contributed by atoms with Crippen LogP contribution in [0.3, 0.4) is 0 Å². The molecular formula is C28H34FN3O3. The van der Waals surface area contributed by atoms with Crippen molar-refractivity contribution >= 4 is 5.97 Å². The Bertz CT molecular complexity index is 1200. The lowest BCUT2D eigenvalue weighted by Gasteiger charge is -2.42. The molecule has 1 fully saturated rings. The summed E-state index contributed by atoms with van der Waals surface area (Å²) < 4.78 is 22.7. The molecule has 1 unspecified atom stereocenters. The lowest BCUT2D eigenvalue weighted by molar-refractivity contribution is -0.167. The number of esters is 1. The van der Waals surface area contributed by atoms with E-state index in [1.54, 1.807) is 30.8 Å². The predicted molar refractivity (Wildman–Crippen MR) is 130 cm³/mol. The normalized spacial score (nSPS) is 21.3. The lowest BCUT2D eigenvalue weighted by atomic mass is 9.76. The van der Waals surface area contributed by atoms with Crippen molar-refractivity contribution in [2.75, 3.05) is 0 Å². The largest absolute Gasteiger partial charge is 0.512 e. The Balaban J connectivity index is 1.58. The van der Waals surface area contributed by atoms with Crippen molar-refractivity contribution < 1.29 is 19.0 Å². The van der Waals surface area contributed by atoms with Crippen LogP contribution in [-0.4, -0.2) is 26.5 Å². The van der Waals surface area contributed by atoms with Gasteiger partial charge in [-0.3, -0.25) is 4.68 Å². The van der Waals surface area contributed by atoms with Crippen LogP contribution in [0.5, 0.6) is 0 Å². The van der Waals surface area contributed by atoms with Crippen molar-refractivity contribution in [2.24, 2.45) is 13.0 Å². The predicted octanol–water partition coefficient (Wildman–Crippen LogP) is 5.53. The summed E-state index contributed by atoms with van der Waals surface area (Å²) in [6, 6.07) is 7.14. The van der Waals surface area contributed by atoms with Crippen molar-refractivity contribution in [3.05, 3.63) is 63.9 Å². The minimum absolute atomic E-state index is 0.0914. The van der Waals surface area contributed by atoms with Crippen molar-refractivity contribution in [3.8, 4) is 6.07 Å². The molecule has 4 rings (SSSR count). The second-order valence-electron chi connectivity index (χ2n) is 10.6. The van der Waals surface area contributed by atoms with Crippen LogP contribution >= 0.6 is 0 Å². The summed E-state index contributed by atoms with van der Waals surface area (Å²) >= 11 is 0. The van der Waals surface area contributed by atoms with Gasteiger partial charge in [-0.15, -0.1) is 0 Å². The number of aliphatic hydroxyl groups is 1. The lowest BCUT2D eigenvalue weighted by Crippen LogP contribution is -2.46. The van der Waals surface area contributed by atoms with Crippen LogP contribution in [0.2, 0.25) is 0 Å².